The van der Waals surface area contributed by atoms with E-state index in [1.54, 1.807) is 12.1 Å². The molecule has 0 bridgehead atoms. The van der Waals surface area contributed by atoms with Crippen LogP contribution in [0.15, 0.2) is 36.5 Å². The fourth-order valence-electron chi connectivity index (χ4n) is 5.70. The lowest BCUT2D eigenvalue weighted by molar-refractivity contribution is -0.121. The van der Waals surface area contributed by atoms with E-state index in [1.807, 2.05) is 23.2 Å². The van der Waals surface area contributed by atoms with Gasteiger partial charge in [0, 0.05) is 80.6 Å². The van der Waals surface area contributed by atoms with Crippen LogP contribution in [0.4, 0.5) is 10.1 Å². The van der Waals surface area contributed by atoms with Crippen molar-refractivity contribution in [2.75, 3.05) is 63.9 Å². The van der Waals surface area contributed by atoms with Crippen LogP contribution in [0.2, 0.25) is 0 Å². The molecular weight excluding hydrogens is 493 g/mol. The predicted molar refractivity (Wildman–Crippen MR) is 146 cm³/mol. The van der Waals surface area contributed by atoms with Gasteiger partial charge in [0.25, 0.3) is 0 Å². The van der Waals surface area contributed by atoms with Crippen LogP contribution in [0.1, 0.15) is 37.6 Å². The molecule has 2 fully saturated rings. The van der Waals surface area contributed by atoms with Crippen LogP contribution in [-0.4, -0.2) is 91.8 Å². The summed E-state index contributed by atoms with van der Waals surface area (Å²) in [7, 11) is 0. The zero-order valence-electron chi connectivity index (χ0n) is 22.1. The summed E-state index contributed by atoms with van der Waals surface area (Å²) in [5.74, 6) is -0.113. The smallest absolute Gasteiger partial charge is 0.241 e. The van der Waals surface area contributed by atoms with Gasteiger partial charge in [0.05, 0.1) is 25.4 Å². The molecule has 0 spiro atoms. The van der Waals surface area contributed by atoms with Crippen LogP contribution in [0.5, 0.6) is 0 Å². The average molecular weight is 532 g/mol. The number of ether oxygens (including phenoxy) is 1. The van der Waals surface area contributed by atoms with Crippen molar-refractivity contribution in [3.05, 3.63) is 59.2 Å². The number of morpholine rings is 1. The van der Waals surface area contributed by atoms with Crippen molar-refractivity contribution in [1.29, 1.82) is 0 Å². The number of amides is 1. The normalized spacial score (nSPS) is 23.9. The van der Waals surface area contributed by atoms with Crippen LogP contribution in [-0.2, 0) is 21.4 Å². The number of anilines is 1. The van der Waals surface area contributed by atoms with Crippen molar-refractivity contribution >= 4 is 24.0 Å². The molecule has 4 heterocycles. The summed E-state index contributed by atoms with van der Waals surface area (Å²) < 4.78 is 19.8. The van der Waals surface area contributed by atoms with Gasteiger partial charge in [-0.2, -0.15) is 0 Å². The molecule has 2 aromatic rings. The fraction of sp³-hybridized carbons (Fsp3) is 0.571. The second kappa shape index (κ2) is 11.7. The van der Waals surface area contributed by atoms with Crippen LogP contribution < -0.4 is 10.2 Å². The number of aromatic nitrogens is 1. The number of piperazine rings is 1. The third-order valence-corrected chi connectivity index (χ3v) is 7.78. The fourth-order valence-corrected chi connectivity index (χ4v) is 5.70. The van der Waals surface area contributed by atoms with Crippen molar-refractivity contribution in [2.24, 2.45) is 0 Å². The lowest BCUT2D eigenvalue weighted by Crippen LogP contribution is -2.61. The van der Waals surface area contributed by atoms with Gasteiger partial charge in [0.2, 0.25) is 5.91 Å². The summed E-state index contributed by atoms with van der Waals surface area (Å²) in [5.41, 5.74) is 3.19. The van der Waals surface area contributed by atoms with Gasteiger partial charge in [0.1, 0.15) is 5.82 Å². The number of rotatable bonds is 6. The van der Waals surface area contributed by atoms with Gasteiger partial charge in [-0.05, 0) is 24.6 Å². The first-order chi connectivity index (χ1) is 17.3. The number of nitrogens with one attached hydrogen (secondary N) is 1. The van der Waals surface area contributed by atoms with Gasteiger partial charge in [-0.3, -0.25) is 19.6 Å². The van der Waals surface area contributed by atoms with Crippen LogP contribution >= 0.6 is 12.4 Å². The van der Waals surface area contributed by atoms with Crippen LogP contribution in [0.25, 0.3) is 0 Å². The molecule has 0 radical (unpaired) electrons. The van der Waals surface area contributed by atoms with E-state index in [9.17, 15) is 9.18 Å². The molecule has 0 aliphatic carbocycles. The maximum atomic E-state index is 14.3. The maximum Gasteiger partial charge on any atom is 0.241 e. The number of nitrogens with zero attached hydrogens (tertiary/aromatic N) is 4. The molecule has 202 valence electrons. The number of carbonyl (C=O) groups is 1. The van der Waals surface area contributed by atoms with Crippen LogP contribution in [0, 0.1) is 5.82 Å². The lowest BCUT2D eigenvalue weighted by atomic mass is 9.88. The highest BCUT2D eigenvalue weighted by atomic mass is 35.5. The van der Waals surface area contributed by atoms with Crippen LogP contribution in [0.3, 0.4) is 0 Å². The Morgan fingerprint density at radius 2 is 2.00 bits per heavy atom. The van der Waals surface area contributed by atoms with Crippen molar-refractivity contribution in [3.63, 3.8) is 0 Å². The number of pyridine rings is 1. The molecule has 2 atom stereocenters. The van der Waals surface area contributed by atoms with Crippen molar-refractivity contribution in [1.82, 2.24) is 20.1 Å². The minimum absolute atomic E-state index is 0. The Morgan fingerprint density at radius 3 is 2.76 bits per heavy atom. The summed E-state index contributed by atoms with van der Waals surface area (Å²) in [4.78, 5) is 25.1. The topological polar surface area (TPSA) is 60.9 Å². The van der Waals surface area contributed by atoms with E-state index in [0.29, 0.717) is 31.1 Å². The first-order valence-electron chi connectivity index (χ1n) is 13.1. The van der Waals surface area contributed by atoms with Gasteiger partial charge >= 0.3 is 0 Å². The Hall–Kier alpha value is -2.10. The molecule has 0 saturated carbocycles. The summed E-state index contributed by atoms with van der Waals surface area (Å²) in [6.07, 6.45) is 2.28. The minimum Gasteiger partial charge on any atom is -0.379 e. The maximum absolute atomic E-state index is 14.3. The standard InChI is InChI=1S/C28H38FN5O2.ClH/c1-20-16-33(23(14-30-20)17-32-8-10-36-11-9-32)18-27(35)34-19-28(2,3)24-15-31-22(13-26(24)34)12-21-6-4-5-7-25(21)29;/h4-7,13,15,20,23,30H,8-12,14,16-19H2,1-3H3;1H/t20-,23-;/m1./s1. The molecule has 2 saturated heterocycles. The molecule has 0 unspecified atom stereocenters. The first kappa shape index (κ1) is 27.9. The molecule has 1 amide bonds. The number of carbonyl (C=O) groups excluding carboxylic acids is 1. The molecule has 7 nitrogen and oxygen atoms in total. The van der Waals surface area contributed by atoms with Gasteiger partial charge in [-0.15, -0.1) is 12.4 Å². The van der Waals surface area contributed by atoms with E-state index in [-0.39, 0.29) is 35.6 Å². The quantitative estimate of drug-likeness (QED) is 0.618. The molecule has 3 aliphatic rings. The largest absolute Gasteiger partial charge is 0.379 e. The Balaban J connectivity index is 0.00000320. The van der Waals surface area contributed by atoms with E-state index < -0.39 is 0 Å². The molecule has 9 heteroatoms. The molecule has 1 aromatic heterocycles. The van der Waals surface area contributed by atoms with E-state index in [1.165, 1.54) is 6.07 Å². The summed E-state index contributed by atoms with van der Waals surface area (Å²) in [6, 6.07) is 9.42. The van der Waals surface area contributed by atoms with Gasteiger partial charge in [-0.25, -0.2) is 4.39 Å². The second-order valence-electron chi connectivity index (χ2n) is 11.1. The highest BCUT2D eigenvalue weighted by Crippen LogP contribution is 2.40. The van der Waals surface area contributed by atoms with Crippen molar-refractivity contribution < 1.29 is 13.9 Å². The van der Waals surface area contributed by atoms with E-state index >= 15 is 0 Å². The average Bonchev–Trinajstić information content (AvgIpc) is 3.13. The highest BCUT2D eigenvalue weighted by Gasteiger charge is 2.40. The van der Waals surface area contributed by atoms with E-state index in [2.05, 4.69) is 40.9 Å². The molecule has 1 N–H and O–H groups in total. The number of fused-ring (bicyclic) bond motifs is 1. The Kier molecular flexibility index (Phi) is 8.86. The molecule has 37 heavy (non-hydrogen) atoms. The molecule has 5 rings (SSSR count). The number of hydrogen-bond donors (Lipinski definition) is 1. The Labute approximate surface area is 225 Å². The zero-order valence-corrected chi connectivity index (χ0v) is 22.9. The zero-order chi connectivity index (χ0) is 25.3. The molecule has 3 aliphatic heterocycles. The number of benzene rings is 1. The third-order valence-electron chi connectivity index (χ3n) is 7.78. The molecular formula is C28H39ClFN5O2. The lowest BCUT2D eigenvalue weighted by Gasteiger charge is -2.42. The predicted octanol–water partition coefficient (Wildman–Crippen LogP) is 2.85. The second-order valence-corrected chi connectivity index (χ2v) is 11.1. The monoisotopic (exact) mass is 531 g/mol. The number of hydrogen-bond acceptors (Lipinski definition) is 6. The van der Waals surface area contributed by atoms with E-state index in [4.69, 9.17) is 4.74 Å². The highest BCUT2D eigenvalue weighted by molar-refractivity contribution is 5.97. The number of halogens is 2. The minimum atomic E-state index is -0.229. The third kappa shape index (κ3) is 6.32. The first-order valence-corrected chi connectivity index (χ1v) is 13.1. The van der Waals surface area contributed by atoms with Crippen molar-refractivity contribution in [2.45, 2.75) is 44.7 Å². The summed E-state index contributed by atoms with van der Waals surface area (Å²) in [5, 5.41) is 3.59. The van der Waals surface area contributed by atoms with Gasteiger partial charge < -0.3 is 15.0 Å². The molecule has 1 aromatic carbocycles. The van der Waals surface area contributed by atoms with Gasteiger partial charge in [0.15, 0.2) is 0 Å². The van der Waals surface area contributed by atoms with Gasteiger partial charge in [-0.1, -0.05) is 32.0 Å². The summed E-state index contributed by atoms with van der Waals surface area (Å²) >= 11 is 0. The SMILES string of the molecule is C[C@@H]1CN(CC(=O)N2CC(C)(C)c3cnc(Cc4ccccc4F)cc32)[C@@H](CN2CCOCC2)CN1.Cl. The van der Waals surface area contributed by atoms with E-state index in [0.717, 1.165) is 62.9 Å². The van der Waals surface area contributed by atoms with Crippen molar-refractivity contribution in [3.8, 4) is 0 Å². The summed E-state index contributed by atoms with van der Waals surface area (Å²) in [6.45, 7) is 13.6. The Bertz CT molecular complexity index is 1090. The Morgan fingerprint density at radius 1 is 1.24 bits per heavy atom.